The van der Waals surface area contributed by atoms with E-state index in [1.807, 2.05) is 0 Å². The van der Waals surface area contributed by atoms with E-state index in [4.69, 9.17) is 0 Å². The van der Waals surface area contributed by atoms with Gasteiger partial charge in [-0.2, -0.15) is 5.10 Å². The Kier molecular flexibility index (Phi) is 1.77. The Hall–Kier alpha value is -0.640. The molecular formula is C7H10N2OS. The third-order valence-corrected chi connectivity index (χ3v) is 2.61. The summed E-state index contributed by atoms with van der Waals surface area (Å²) in [5.41, 5.74) is 1.61. The van der Waals surface area contributed by atoms with Gasteiger partial charge in [-0.05, 0) is 12.3 Å². The number of hydrogen-bond donors (Lipinski definition) is 0. The van der Waals surface area contributed by atoms with Crippen LogP contribution >= 0.6 is 11.3 Å². The van der Waals surface area contributed by atoms with Crippen LogP contribution in [-0.2, 0) is 6.54 Å². The van der Waals surface area contributed by atoms with Gasteiger partial charge in [0, 0.05) is 6.54 Å². The largest absolute Gasteiger partial charge is 0.324 e. The highest BCUT2D eigenvalue weighted by Crippen LogP contribution is 2.32. The van der Waals surface area contributed by atoms with E-state index in [-0.39, 0.29) is 4.87 Å². The lowest BCUT2D eigenvalue weighted by Crippen LogP contribution is -2.14. The minimum Gasteiger partial charge on any atom is -0.255 e. The summed E-state index contributed by atoms with van der Waals surface area (Å²) in [5, 5.41) is 3.94. The van der Waals surface area contributed by atoms with Gasteiger partial charge in [-0.25, -0.2) is 4.68 Å². The number of aryl methyl sites for hydroxylation is 1. The molecular weight excluding hydrogens is 160 g/mol. The van der Waals surface area contributed by atoms with Gasteiger partial charge in [0.15, 0.2) is 0 Å². The van der Waals surface area contributed by atoms with Crippen molar-refractivity contribution in [3.05, 3.63) is 15.2 Å². The van der Waals surface area contributed by atoms with Crippen molar-refractivity contribution in [2.45, 2.75) is 25.8 Å². The molecule has 0 saturated heterocycles. The van der Waals surface area contributed by atoms with E-state index in [0.717, 1.165) is 18.9 Å². The summed E-state index contributed by atoms with van der Waals surface area (Å²) < 4.78 is 1.56. The fraction of sp³-hybridized carbons (Fsp3) is 0.714. The third kappa shape index (κ3) is 1.68. The molecule has 0 radical (unpaired) electrons. The first-order valence-electron chi connectivity index (χ1n) is 3.87. The summed E-state index contributed by atoms with van der Waals surface area (Å²) in [6, 6.07) is 0. The maximum absolute atomic E-state index is 11.0. The van der Waals surface area contributed by atoms with Crippen molar-refractivity contribution in [3.63, 3.8) is 0 Å². The molecule has 1 fully saturated rings. The average molecular weight is 170 g/mol. The molecule has 2 rings (SSSR count). The van der Waals surface area contributed by atoms with Gasteiger partial charge < -0.3 is 0 Å². The number of hydrogen-bond acceptors (Lipinski definition) is 3. The molecule has 11 heavy (non-hydrogen) atoms. The van der Waals surface area contributed by atoms with Crippen molar-refractivity contribution in [1.82, 2.24) is 9.78 Å². The first kappa shape index (κ1) is 7.03. The maximum atomic E-state index is 11.0. The van der Waals surface area contributed by atoms with Crippen LogP contribution in [-0.4, -0.2) is 9.78 Å². The lowest BCUT2D eigenvalue weighted by Gasteiger charge is -1.95. The minimum atomic E-state index is 0.0747. The lowest BCUT2D eigenvalue weighted by molar-refractivity contribution is 0.535. The molecule has 0 bridgehead atoms. The van der Waals surface area contributed by atoms with Crippen LogP contribution in [0.1, 0.15) is 19.3 Å². The normalized spacial score (nSPS) is 17.1. The van der Waals surface area contributed by atoms with E-state index in [9.17, 15) is 4.79 Å². The highest BCUT2D eigenvalue weighted by molar-refractivity contribution is 7.06. The molecule has 3 nitrogen and oxygen atoms in total. The Morgan fingerprint density at radius 3 is 3.09 bits per heavy atom. The zero-order valence-corrected chi connectivity index (χ0v) is 7.01. The van der Waals surface area contributed by atoms with Gasteiger partial charge in [-0.1, -0.05) is 24.2 Å². The van der Waals surface area contributed by atoms with E-state index in [1.165, 1.54) is 24.2 Å². The van der Waals surface area contributed by atoms with Crippen LogP contribution in [0.5, 0.6) is 0 Å². The zero-order chi connectivity index (χ0) is 7.68. The number of nitrogens with zero attached hydrogens (tertiary/aromatic N) is 2. The number of aromatic nitrogens is 2. The summed E-state index contributed by atoms with van der Waals surface area (Å²) in [7, 11) is 0. The van der Waals surface area contributed by atoms with Crippen molar-refractivity contribution in [2.24, 2.45) is 5.92 Å². The first-order chi connectivity index (χ1) is 5.36. The summed E-state index contributed by atoms with van der Waals surface area (Å²) in [4.78, 5) is 11.0. The van der Waals surface area contributed by atoms with Gasteiger partial charge in [0.2, 0.25) is 0 Å². The van der Waals surface area contributed by atoms with Gasteiger partial charge in [-0.3, -0.25) is 4.79 Å². The van der Waals surface area contributed by atoms with Crippen molar-refractivity contribution >= 4 is 11.3 Å². The standard InChI is InChI=1S/C7H10N2OS/c10-7-9(8-5-11-7)4-3-6-1-2-6/h5-6H,1-4H2. The summed E-state index contributed by atoms with van der Waals surface area (Å²) in [6.45, 7) is 0.812. The Morgan fingerprint density at radius 1 is 1.73 bits per heavy atom. The maximum Gasteiger partial charge on any atom is 0.324 e. The van der Waals surface area contributed by atoms with Crippen molar-refractivity contribution in [1.29, 1.82) is 0 Å². The molecule has 1 aromatic heterocycles. The predicted octanol–water partition coefficient (Wildman–Crippen LogP) is 1.10. The van der Waals surface area contributed by atoms with Crippen LogP contribution in [0.3, 0.4) is 0 Å². The average Bonchev–Trinajstić information content (AvgIpc) is 2.73. The van der Waals surface area contributed by atoms with E-state index in [1.54, 1.807) is 10.2 Å². The highest BCUT2D eigenvalue weighted by Gasteiger charge is 2.20. The number of rotatable bonds is 3. The second-order valence-electron chi connectivity index (χ2n) is 2.96. The van der Waals surface area contributed by atoms with Gasteiger partial charge in [0.1, 0.15) is 5.51 Å². The fourth-order valence-corrected chi connectivity index (χ4v) is 1.61. The van der Waals surface area contributed by atoms with Gasteiger partial charge in [0.25, 0.3) is 0 Å². The van der Waals surface area contributed by atoms with Crippen molar-refractivity contribution in [2.75, 3.05) is 0 Å². The molecule has 0 amide bonds. The topological polar surface area (TPSA) is 34.9 Å². The van der Waals surface area contributed by atoms with Gasteiger partial charge in [0.05, 0.1) is 0 Å². The first-order valence-corrected chi connectivity index (χ1v) is 4.75. The molecule has 4 heteroatoms. The fourth-order valence-electron chi connectivity index (χ4n) is 1.09. The van der Waals surface area contributed by atoms with Crippen LogP contribution in [0.4, 0.5) is 0 Å². The van der Waals surface area contributed by atoms with E-state index in [0.29, 0.717) is 0 Å². The smallest absolute Gasteiger partial charge is 0.255 e. The molecule has 60 valence electrons. The molecule has 0 spiro atoms. The van der Waals surface area contributed by atoms with Crippen LogP contribution in [0.15, 0.2) is 10.3 Å². The minimum absolute atomic E-state index is 0.0747. The summed E-state index contributed by atoms with van der Waals surface area (Å²) >= 11 is 1.17. The van der Waals surface area contributed by atoms with Gasteiger partial charge >= 0.3 is 4.87 Å². The molecule has 0 aromatic carbocycles. The van der Waals surface area contributed by atoms with Gasteiger partial charge in [-0.15, -0.1) is 0 Å². The Morgan fingerprint density at radius 2 is 2.55 bits per heavy atom. The highest BCUT2D eigenvalue weighted by atomic mass is 32.1. The molecule has 1 aromatic rings. The summed E-state index contributed by atoms with van der Waals surface area (Å²) in [5.74, 6) is 0.878. The van der Waals surface area contributed by atoms with E-state index in [2.05, 4.69) is 5.10 Å². The third-order valence-electron chi connectivity index (χ3n) is 2.00. The van der Waals surface area contributed by atoms with E-state index >= 15 is 0 Å². The van der Waals surface area contributed by atoms with Crippen LogP contribution in [0.25, 0.3) is 0 Å². The molecule has 1 aliphatic rings. The Balaban J connectivity index is 1.94. The SMILES string of the molecule is O=c1scnn1CCC1CC1. The Labute approximate surface area is 68.7 Å². The second-order valence-corrected chi connectivity index (χ2v) is 3.76. The molecule has 0 N–H and O–H groups in total. The Bertz CT molecular complexity index is 287. The molecule has 0 atom stereocenters. The zero-order valence-electron chi connectivity index (χ0n) is 6.19. The quantitative estimate of drug-likeness (QED) is 0.681. The second kappa shape index (κ2) is 2.77. The monoisotopic (exact) mass is 170 g/mol. The lowest BCUT2D eigenvalue weighted by atomic mass is 10.3. The van der Waals surface area contributed by atoms with Crippen molar-refractivity contribution < 1.29 is 0 Å². The molecule has 1 saturated carbocycles. The molecule has 1 heterocycles. The van der Waals surface area contributed by atoms with Crippen LogP contribution in [0.2, 0.25) is 0 Å². The van der Waals surface area contributed by atoms with Crippen molar-refractivity contribution in [3.8, 4) is 0 Å². The molecule has 0 aliphatic heterocycles. The van der Waals surface area contributed by atoms with E-state index < -0.39 is 0 Å². The summed E-state index contributed by atoms with van der Waals surface area (Å²) in [6.07, 6.45) is 3.82. The molecule has 1 aliphatic carbocycles. The van der Waals surface area contributed by atoms with Crippen LogP contribution in [0, 0.1) is 5.92 Å². The van der Waals surface area contributed by atoms with Crippen LogP contribution < -0.4 is 4.87 Å². The predicted molar refractivity (Wildman–Crippen MR) is 43.7 cm³/mol. The molecule has 0 unspecified atom stereocenters.